The normalized spacial score (nSPS) is 22.4. The first-order chi connectivity index (χ1) is 12.1. The first-order valence-corrected chi connectivity index (χ1v) is 8.29. The summed E-state index contributed by atoms with van der Waals surface area (Å²) in [5.74, 6) is -1.24. The van der Waals surface area contributed by atoms with Gasteiger partial charge >= 0.3 is 5.51 Å². The highest BCUT2D eigenvalue weighted by molar-refractivity contribution is 8.00. The number of ether oxygens (including phenoxy) is 1. The van der Waals surface area contributed by atoms with Crippen molar-refractivity contribution < 1.29 is 36.2 Å². The second-order valence-electron chi connectivity index (χ2n) is 5.44. The van der Waals surface area contributed by atoms with E-state index in [0.717, 1.165) is 24.3 Å². The van der Waals surface area contributed by atoms with Crippen LogP contribution in [-0.2, 0) is 0 Å². The van der Waals surface area contributed by atoms with E-state index >= 15 is 0 Å². The van der Waals surface area contributed by atoms with E-state index in [2.05, 4.69) is 0 Å². The maximum atomic E-state index is 14.3. The molecule has 0 unspecified atom stereocenters. The van der Waals surface area contributed by atoms with Crippen molar-refractivity contribution in [3.05, 3.63) is 52.3 Å². The number of aliphatic hydroxyl groups excluding tert-OH is 1. The monoisotopic (exact) mass is 414 g/mol. The molecule has 0 heterocycles. The number of benzene rings is 2. The molecule has 2 nitrogen and oxygen atoms in total. The standard InChI is InChI=1S/C16H9ClF6O2S/c17-6-3-7(18)5-8(4-6)25-9-1-2-10(26-16(21,22)23)12-11(9)13(19)14(20)15(12)24/h1-5,13-15,24H/t13-,14-,15+/m1/s1. The lowest BCUT2D eigenvalue weighted by Gasteiger charge is -2.16. The molecule has 2 aromatic carbocycles. The molecular formula is C16H9ClF6O2S. The van der Waals surface area contributed by atoms with Crippen molar-refractivity contribution in [2.24, 2.45) is 0 Å². The Morgan fingerprint density at radius 2 is 1.77 bits per heavy atom. The zero-order chi connectivity index (χ0) is 19.2. The van der Waals surface area contributed by atoms with E-state index in [1.807, 2.05) is 0 Å². The molecule has 0 spiro atoms. The molecule has 0 amide bonds. The summed E-state index contributed by atoms with van der Waals surface area (Å²) in [7, 11) is 0. The third-order valence-electron chi connectivity index (χ3n) is 3.65. The van der Waals surface area contributed by atoms with Gasteiger partial charge in [-0.25, -0.2) is 13.2 Å². The van der Waals surface area contributed by atoms with Crippen LogP contribution in [0.15, 0.2) is 35.2 Å². The van der Waals surface area contributed by atoms with E-state index < -0.39 is 57.6 Å². The minimum Gasteiger partial charge on any atom is -0.457 e. The summed E-state index contributed by atoms with van der Waals surface area (Å²) in [6.07, 6.45) is -6.92. The molecule has 1 N–H and O–H groups in total. The Bertz CT molecular complexity index is 824. The average Bonchev–Trinajstić information content (AvgIpc) is 2.73. The minimum absolute atomic E-state index is 0.0268. The van der Waals surface area contributed by atoms with Gasteiger partial charge in [0.1, 0.15) is 23.4 Å². The van der Waals surface area contributed by atoms with Crippen LogP contribution in [0.25, 0.3) is 0 Å². The number of halogens is 7. The van der Waals surface area contributed by atoms with Crippen LogP contribution in [0.5, 0.6) is 11.5 Å². The van der Waals surface area contributed by atoms with Gasteiger partial charge in [0, 0.05) is 27.1 Å². The quantitative estimate of drug-likeness (QED) is 0.473. The van der Waals surface area contributed by atoms with Gasteiger partial charge in [0.05, 0.1) is 0 Å². The van der Waals surface area contributed by atoms with Gasteiger partial charge in [-0.3, -0.25) is 0 Å². The Balaban J connectivity index is 2.08. The first-order valence-electron chi connectivity index (χ1n) is 7.09. The molecule has 0 aliphatic heterocycles. The number of aliphatic hydroxyl groups is 1. The summed E-state index contributed by atoms with van der Waals surface area (Å²) < 4.78 is 84.9. The molecule has 26 heavy (non-hydrogen) atoms. The van der Waals surface area contributed by atoms with Gasteiger partial charge in [-0.1, -0.05) is 11.6 Å². The van der Waals surface area contributed by atoms with Crippen molar-refractivity contribution in [3.63, 3.8) is 0 Å². The van der Waals surface area contributed by atoms with Crippen LogP contribution in [0.4, 0.5) is 26.3 Å². The predicted molar refractivity (Wildman–Crippen MR) is 83.5 cm³/mol. The third kappa shape index (κ3) is 3.74. The highest BCUT2D eigenvalue weighted by Crippen LogP contribution is 2.53. The van der Waals surface area contributed by atoms with Gasteiger partial charge in [-0.05, 0) is 36.0 Å². The van der Waals surface area contributed by atoms with Gasteiger partial charge < -0.3 is 9.84 Å². The van der Waals surface area contributed by atoms with E-state index in [-0.39, 0.29) is 16.5 Å². The zero-order valence-electron chi connectivity index (χ0n) is 12.5. The fourth-order valence-corrected chi connectivity index (χ4v) is 3.62. The van der Waals surface area contributed by atoms with E-state index in [1.54, 1.807) is 0 Å². The zero-order valence-corrected chi connectivity index (χ0v) is 14.1. The summed E-state index contributed by atoms with van der Waals surface area (Å²) in [6.45, 7) is 0. The molecule has 140 valence electrons. The number of rotatable bonds is 3. The Hall–Kier alpha value is -1.58. The number of thioether (sulfide) groups is 1. The Labute approximate surface area is 152 Å². The highest BCUT2D eigenvalue weighted by atomic mass is 35.5. The lowest BCUT2D eigenvalue weighted by molar-refractivity contribution is -0.0329. The number of hydrogen-bond acceptors (Lipinski definition) is 3. The minimum atomic E-state index is -4.72. The Kier molecular flexibility index (Phi) is 5.06. The number of hydrogen-bond donors (Lipinski definition) is 1. The lowest BCUT2D eigenvalue weighted by atomic mass is 10.1. The predicted octanol–water partition coefficient (Wildman–Crippen LogP) is 6.28. The van der Waals surface area contributed by atoms with Crippen molar-refractivity contribution in [1.29, 1.82) is 0 Å². The Morgan fingerprint density at radius 1 is 1.08 bits per heavy atom. The van der Waals surface area contributed by atoms with E-state index in [0.29, 0.717) is 0 Å². The summed E-state index contributed by atoms with van der Waals surface area (Å²) in [6, 6.07) is 5.04. The van der Waals surface area contributed by atoms with Gasteiger partial charge in [0.2, 0.25) is 0 Å². The van der Waals surface area contributed by atoms with Crippen LogP contribution in [0.2, 0.25) is 5.02 Å². The molecule has 3 atom stereocenters. The summed E-state index contributed by atoms with van der Waals surface area (Å²) in [5, 5.41) is 9.82. The fraction of sp³-hybridized carbons (Fsp3) is 0.250. The highest BCUT2D eigenvalue weighted by Gasteiger charge is 2.46. The lowest BCUT2D eigenvalue weighted by Crippen LogP contribution is -2.10. The van der Waals surface area contributed by atoms with Gasteiger partial charge in [0.15, 0.2) is 12.3 Å². The van der Waals surface area contributed by atoms with Gasteiger partial charge in [-0.2, -0.15) is 13.2 Å². The molecule has 3 rings (SSSR count). The van der Waals surface area contributed by atoms with Crippen LogP contribution < -0.4 is 4.74 Å². The molecule has 0 fully saturated rings. The van der Waals surface area contributed by atoms with Crippen LogP contribution in [0.1, 0.15) is 23.4 Å². The molecule has 0 radical (unpaired) electrons. The molecule has 0 saturated heterocycles. The molecule has 0 bridgehead atoms. The van der Waals surface area contributed by atoms with Crippen molar-refractivity contribution >= 4 is 23.4 Å². The average molecular weight is 415 g/mol. The summed E-state index contributed by atoms with van der Waals surface area (Å²) in [4.78, 5) is -0.535. The molecule has 1 aliphatic carbocycles. The molecule has 0 aromatic heterocycles. The number of alkyl halides is 5. The molecule has 1 aliphatic rings. The second kappa shape index (κ2) is 6.86. The molecular weight excluding hydrogens is 406 g/mol. The molecule has 2 aromatic rings. The van der Waals surface area contributed by atoms with Crippen LogP contribution in [0.3, 0.4) is 0 Å². The topological polar surface area (TPSA) is 29.5 Å². The smallest absolute Gasteiger partial charge is 0.446 e. The summed E-state index contributed by atoms with van der Waals surface area (Å²) in [5.41, 5.74) is -5.79. The van der Waals surface area contributed by atoms with E-state index in [1.165, 1.54) is 6.07 Å². The maximum Gasteiger partial charge on any atom is 0.446 e. The van der Waals surface area contributed by atoms with Gasteiger partial charge in [-0.15, -0.1) is 0 Å². The van der Waals surface area contributed by atoms with Crippen LogP contribution in [-0.4, -0.2) is 16.8 Å². The molecule has 10 heteroatoms. The van der Waals surface area contributed by atoms with Crippen molar-refractivity contribution in [2.75, 3.05) is 0 Å². The first kappa shape index (κ1) is 19.2. The van der Waals surface area contributed by atoms with E-state index in [4.69, 9.17) is 16.3 Å². The van der Waals surface area contributed by atoms with Crippen molar-refractivity contribution in [3.8, 4) is 11.5 Å². The number of fused-ring (bicyclic) bond motifs is 1. The Morgan fingerprint density at radius 3 is 2.38 bits per heavy atom. The maximum absolute atomic E-state index is 14.3. The summed E-state index contributed by atoms with van der Waals surface area (Å²) >= 11 is 5.09. The van der Waals surface area contributed by atoms with Gasteiger partial charge in [0.25, 0.3) is 0 Å². The largest absolute Gasteiger partial charge is 0.457 e. The van der Waals surface area contributed by atoms with E-state index in [9.17, 15) is 31.4 Å². The van der Waals surface area contributed by atoms with Crippen molar-refractivity contribution in [1.82, 2.24) is 0 Å². The third-order valence-corrected chi connectivity index (χ3v) is 4.68. The second-order valence-corrected chi connectivity index (χ2v) is 6.98. The van der Waals surface area contributed by atoms with Crippen LogP contribution >= 0.6 is 23.4 Å². The molecule has 0 saturated carbocycles. The van der Waals surface area contributed by atoms with Crippen molar-refractivity contribution in [2.45, 2.75) is 28.9 Å². The SMILES string of the molecule is O[C@H]1c2c(SC(F)(F)F)ccc(Oc3cc(F)cc(Cl)c3)c2[C@@H](F)[C@H]1F. The van der Waals surface area contributed by atoms with Crippen LogP contribution in [0, 0.1) is 5.82 Å². The fourth-order valence-electron chi connectivity index (χ4n) is 2.68.